The second-order valence-electron chi connectivity index (χ2n) is 6.62. The van der Waals surface area contributed by atoms with E-state index in [-0.39, 0.29) is 24.9 Å². The van der Waals surface area contributed by atoms with Crippen LogP contribution in [0, 0.1) is 0 Å². The van der Waals surface area contributed by atoms with Crippen molar-refractivity contribution >= 4 is 22.5 Å². The molecule has 4 rings (SSSR count). The number of carbonyl (C=O) groups excluding carboxylic acids is 1. The van der Waals surface area contributed by atoms with Crippen molar-refractivity contribution in [3.63, 3.8) is 0 Å². The number of nitrogens with one attached hydrogen (secondary N) is 1. The summed E-state index contributed by atoms with van der Waals surface area (Å²) in [5.74, 6) is -0.0235. The second-order valence-corrected chi connectivity index (χ2v) is 6.62. The molecule has 0 radical (unpaired) electrons. The molecule has 1 unspecified atom stereocenters. The second kappa shape index (κ2) is 6.29. The van der Waals surface area contributed by atoms with Gasteiger partial charge in [-0.2, -0.15) is 0 Å². The molecule has 1 atom stereocenters. The van der Waals surface area contributed by atoms with Gasteiger partial charge >= 0.3 is 5.69 Å². The molecule has 0 fully saturated rings. The molecular weight excluding hydrogens is 330 g/mol. The van der Waals surface area contributed by atoms with Crippen molar-refractivity contribution in [2.45, 2.75) is 32.4 Å². The van der Waals surface area contributed by atoms with Crippen LogP contribution in [0.25, 0.3) is 10.9 Å². The molecule has 6 heteroatoms. The number of nitrogens with zero attached hydrogens (tertiary/aromatic N) is 2. The Morgan fingerprint density at radius 1 is 1.12 bits per heavy atom. The van der Waals surface area contributed by atoms with Gasteiger partial charge in [0.05, 0.1) is 10.9 Å². The van der Waals surface area contributed by atoms with Crippen LogP contribution in [0.15, 0.2) is 58.1 Å². The summed E-state index contributed by atoms with van der Waals surface area (Å²) in [5, 5.41) is 0.444. The first kappa shape index (κ1) is 16.3. The van der Waals surface area contributed by atoms with E-state index in [1.807, 2.05) is 36.1 Å². The minimum atomic E-state index is -0.489. The average Bonchev–Trinajstić information content (AvgIpc) is 2.97. The van der Waals surface area contributed by atoms with E-state index in [1.165, 1.54) is 10.1 Å². The summed E-state index contributed by atoms with van der Waals surface area (Å²) in [6.07, 6.45) is 1.03. The van der Waals surface area contributed by atoms with Crippen LogP contribution < -0.4 is 16.1 Å². The number of hydrogen-bond donors (Lipinski definition) is 1. The molecule has 2 heterocycles. The Labute approximate surface area is 149 Å². The quantitative estimate of drug-likeness (QED) is 0.786. The fraction of sp³-hybridized carbons (Fsp3) is 0.250. The number of fused-ring (bicyclic) bond motifs is 2. The third kappa shape index (κ3) is 2.63. The van der Waals surface area contributed by atoms with Crippen LogP contribution in [0.2, 0.25) is 0 Å². The fourth-order valence-corrected chi connectivity index (χ4v) is 3.74. The molecule has 1 aromatic heterocycles. The van der Waals surface area contributed by atoms with Gasteiger partial charge in [-0.1, -0.05) is 30.3 Å². The highest BCUT2D eigenvalue weighted by Crippen LogP contribution is 2.32. The van der Waals surface area contributed by atoms with Gasteiger partial charge in [0.1, 0.15) is 0 Å². The zero-order chi connectivity index (χ0) is 18.3. The number of benzene rings is 2. The zero-order valence-electron chi connectivity index (χ0n) is 14.4. The number of aromatic amines is 1. The zero-order valence-corrected chi connectivity index (χ0v) is 14.4. The summed E-state index contributed by atoms with van der Waals surface area (Å²) in [6, 6.07) is 14.9. The van der Waals surface area contributed by atoms with Crippen molar-refractivity contribution in [3.8, 4) is 0 Å². The van der Waals surface area contributed by atoms with Crippen molar-refractivity contribution in [3.05, 3.63) is 74.9 Å². The number of para-hydroxylation sites is 2. The number of rotatable bonds is 3. The number of carbonyl (C=O) groups is 1. The van der Waals surface area contributed by atoms with E-state index < -0.39 is 11.2 Å². The maximum atomic E-state index is 12.8. The number of H-pyrrole nitrogens is 1. The summed E-state index contributed by atoms with van der Waals surface area (Å²) >= 11 is 0. The van der Waals surface area contributed by atoms with Crippen molar-refractivity contribution in [2.24, 2.45) is 0 Å². The summed E-state index contributed by atoms with van der Waals surface area (Å²) < 4.78 is 1.46. The Hall–Kier alpha value is -3.15. The largest absolute Gasteiger partial charge is 0.328 e. The maximum Gasteiger partial charge on any atom is 0.328 e. The lowest BCUT2D eigenvalue weighted by atomic mass is 10.1. The van der Waals surface area contributed by atoms with Crippen LogP contribution in [0.5, 0.6) is 0 Å². The highest BCUT2D eigenvalue weighted by atomic mass is 16.2. The minimum Gasteiger partial charge on any atom is -0.309 e. The van der Waals surface area contributed by atoms with Crippen molar-refractivity contribution in [2.75, 3.05) is 4.90 Å². The van der Waals surface area contributed by atoms with E-state index in [4.69, 9.17) is 0 Å². The van der Waals surface area contributed by atoms with Crippen molar-refractivity contribution in [1.82, 2.24) is 9.55 Å². The maximum absolute atomic E-state index is 12.8. The van der Waals surface area contributed by atoms with Crippen LogP contribution in [-0.4, -0.2) is 21.5 Å². The van der Waals surface area contributed by atoms with E-state index in [1.54, 1.807) is 24.3 Å². The molecule has 0 spiro atoms. The molecular formula is C20H19N3O3. The Balaban J connectivity index is 1.63. The topological polar surface area (TPSA) is 75.2 Å². The van der Waals surface area contributed by atoms with Gasteiger partial charge < -0.3 is 4.90 Å². The molecule has 0 saturated heterocycles. The lowest BCUT2D eigenvalue weighted by Gasteiger charge is -2.23. The number of aromatic nitrogens is 2. The van der Waals surface area contributed by atoms with Gasteiger partial charge in [-0.25, -0.2) is 4.79 Å². The van der Waals surface area contributed by atoms with E-state index in [9.17, 15) is 14.4 Å². The molecule has 132 valence electrons. The van der Waals surface area contributed by atoms with Crippen molar-refractivity contribution < 1.29 is 4.79 Å². The molecule has 0 aliphatic carbocycles. The Morgan fingerprint density at radius 2 is 1.85 bits per heavy atom. The van der Waals surface area contributed by atoms with E-state index in [0.29, 0.717) is 10.9 Å². The van der Waals surface area contributed by atoms with Crippen LogP contribution >= 0.6 is 0 Å². The summed E-state index contributed by atoms with van der Waals surface area (Å²) in [6.45, 7) is 2.25. The first-order chi connectivity index (χ1) is 12.6. The average molecular weight is 349 g/mol. The summed E-state index contributed by atoms with van der Waals surface area (Å²) in [7, 11) is 0. The minimum absolute atomic E-state index is 0.0235. The van der Waals surface area contributed by atoms with Gasteiger partial charge in [-0.05, 0) is 37.1 Å². The first-order valence-corrected chi connectivity index (χ1v) is 8.68. The molecule has 1 aliphatic rings. The number of anilines is 1. The van der Waals surface area contributed by atoms with Crippen LogP contribution in [-0.2, 0) is 17.8 Å². The smallest absolute Gasteiger partial charge is 0.309 e. The lowest BCUT2D eigenvalue weighted by Crippen LogP contribution is -2.37. The molecule has 2 aromatic carbocycles. The molecule has 1 N–H and O–H groups in total. The molecule has 3 aromatic rings. The van der Waals surface area contributed by atoms with Crippen LogP contribution in [0.1, 0.15) is 18.9 Å². The third-order valence-electron chi connectivity index (χ3n) is 4.93. The van der Waals surface area contributed by atoms with Gasteiger partial charge in [0.2, 0.25) is 5.91 Å². The molecule has 6 nitrogen and oxygen atoms in total. The van der Waals surface area contributed by atoms with Crippen molar-refractivity contribution in [1.29, 1.82) is 0 Å². The number of amides is 1. The Morgan fingerprint density at radius 3 is 2.69 bits per heavy atom. The van der Waals surface area contributed by atoms with E-state index in [0.717, 1.165) is 12.1 Å². The Bertz CT molecular complexity index is 1110. The van der Waals surface area contributed by atoms with Gasteiger partial charge in [0.15, 0.2) is 0 Å². The third-order valence-corrected chi connectivity index (χ3v) is 4.93. The predicted octanol–water partition coefficient (Wildman–Crippen LogP) is 2.06. The van der Waals surface area contributed by atoms with Crippen LogP contribution in [0.4, 0.5) is 5.69 Å². The summed E-state index contributed by atoms with van der Waals surface area (Å²) in [5.41, 5.74) is 1.76. The molecule has 1 amide bonds. The summed E-state index contributed by atoms with van der Waals surface area (Å²) in [4.78, 5) is 41.2. The lowest BCUT2D eigenvalue weighted by molar-refractivity contribution is -0.119. The number of hydrogen-bond acceptors (Lipinski definition) is 3. The molecule has 0 saturated carbocycles. The van der Waals surface area contributed by atoms with Gasteiger partial charge in [0.25, 0.3) is 5.56 Å². The standard InChI is InChI=1S/C20H19N3O3/c1-13-12-14-6-2-4-8-16(14)23(13)18(24)10-11-22-17-9-5-3-7-15(17)19(25)21-20(22)26/h2-9,13H,10-12H2,1H3,(H,21,25,26). The Kier molecular flexibility index (Phi) is 3.95. The SMILES string of the molecule is CC1Cc2ccccc2N1C(=O)CCn1c(=O)[nH]c(=O)c2ccccc21. The monoisotopic (exact) mass is 349 g/mol. The predicted molar refractivity (Wildman–Crippen MR) is 101 cm³/mol. The highest BCUT2D eigenvalue weighted by Gasteiger charge is 2.30. The van der Waals surface area contributed by atoms with E-state index >= 15 is 0 Å². The highest BCUT2D eigenvalue weighted by molar-refractivity contribution is 5.96. The van der Waals surface area contributed by atoms with Gasteiger partial charge in [0, 0.05) is 24.7 Å². The normalized spacial score (nSPS) is 16.0. The molecule has 0 bridgehead atoms. The number of aryl methyl sites for hydroxylation is 1. The molecule has 26 heavy (non-hydrogen) atoms. The van der Waals surface area contributed by atoms with Crippen LogP contribution in [0.3, 0.4) is 0 Å². The first-order valence-electron chi connectivity index (χ1n) is 8.68. The van der Waals surface area contributed by atoms with E-state index in [2.05, 4.69) is 4.98 Å². The molecule has 1 aliphatic heterocycles. The van der Waals surface area contributed by atoms with Gasteiger partial charge in [-0.3, -0.25) is 19.1 Å². The van der Waals surface area contributed by atoms with Gasteiger partial charge in [-0.15, -0.1) is 0 Å². The fourth-order valence-electron chi connectivity index (χ4n) is 3.74.